The van der Waals surface area contributed by atoms with E-state index in [1.54, 1.807) is 16.7 Å². The van der Waals surface area contributed by atoms with E-state index in [9.17, 15) is 9.59 Å². The first-order chi connectivity index (χ1) is 9.24. The molecular weight excluding hydrogens is 264 g/mol. The summed E-state index contributed by atoms with van der Waals surface area (Å²) in [6, 6.07) is 0. The maximum atomic E-state index is 11.7. The van der Waals surface area contributed by atoms with Crippen LogP contribution >= 0.6 is 11.8 Å². The summed E-state index contributed by atoms with van der Waals surface area (Å²) in [4.78, 5) is 25.1. The number of nitrogens with zero attached hydrogens (tertiary/aromatic N) is 1. The molecule has 0 aromatic heterocycles. The molecule has 0 aromatic carbocycles. The van der Waals surface area contributed by atoms with Crippen LogP contribution in [-0.2, 0) is 9.59 Å². The molecule has 2 N–H and O–H groups in total. The van der Waals surface area contributed by atoms with E-state index in [-0.39, 0.29) is 25.0 Å². The Kier molecular flexibility index (Phi) is 8.66. The molecule has 0 unspecified atom stereocenters. The van der Waals surface area contributed by atoms with Crippen molar-refractivity contribution in [1.29, 1.82) is 0 Å². The molecule has 1 heterocycles. The second-order valence-corrected chi connectivity index (χ2v) is 5.89. The van der Waals surface area contributed by atoms with Gasteiger partial charge in [-0.2, -0.15) is 11.8 Å². The molecule has 0 radical (unpaired) electrons. The standard InChI is InChI=1S/C13H24N2O3S/c16-8-4-9-19-10-6-14-12(17)11-15-7-3-1-2-5-13(15)18/h16H,1-11H2,(H,14,17). The van der Waals surface area contributed by atoms with Gasteiger partial charge in [-0.3, -0.25) is 9.59 Å². The Morgan fingerprint density at radius 1 is 1.32 bits per heavy atom. The van der Waals surface area contributed by atoms with Crippen LogP contribution in [-0.4, -0.2) is 59.6 Å². The summed E-state index contributed by atoms with van der Waals surface area (Å²) < 4.78 is 0. The van der Waals surface area contributed by atoms with Crippen LogP contribution in [0.2, 0.25) is 0 Å². The molecule has 0 bridgehead atoms. The summed E-state index contributed by atoms with van der Waals surface area (Å²) in [5.74, 6) is 1.79. The molecule has 1 rings (SSSR count). The van der Waals surface area contributed by atoms with Gasteiger partial charge < -0.3 is 15.3 Å². The Bertz CT molecular complexity index is 287. The van der Waals surface area contributed by atoms with Crippen LogP contribution in [0, 0.1) is 0 Å². The van der Waals surface area contributed by atoms with Gasteiger partial charge >= 0.3 is 0 Å². The summed E-state index contributed by atoms with van der Waals surface area (Å²) in [6.07, 6.45) is 4.38. The molecule has 0 aromatic rings. The van der Waals surface area contributed by atoms with Crippen LogP contribution in [0.15, 0.2) is 0 Å². The van der Waals surface area contributed by atoms with E-state index < -0.39 is 0 Å². The Morgan fingerprint density at radius 3 is 2.95 bits per heavy atom. The van der Waals surface area contributed by atoms with Gasteiger partial charge in [-0.25, -0.2) is 0 Å². The predicted molar refractivity (Wildman–Crippen MR) is 77.1 cm³/mol. The first-order valence-electron chi connectivity index (χ1n) is 6.97. The fourth-order valence-corrected chi connectivity index (χ4v) is 2.75. The van der Waals surface area contributed by atoms with E-state index in [2.05, 4.69) is 5.32 Å². The third-order valence-electron chi connectivity index (χ3n) is 3.02. The minimum atomic E-state index is -0.0713. The molecule has 6 heteroatoms. The van der Waals surface area contributed by atoms with Crippen molar-refractivity contribution < 1.29 is 14.7 Å². The second-order valence-electron chi connectivity index (χ2n) is 4.67. The first kappa shape index (κ1) is 16.3. The number of hydrogen-bond donors (Lipinski definition) is 2. The maximum absolute atomic E-state index is 11.7. The van der Waals surface area contributed by atoms with Crippen LogP contribution in [0.4, 0.5) is 0 Å². The van der Waals surface area contributed by atoms with Crippen LogP contribution in [0.3, 0.4) is 0 Å². The van der Waals surface area contributed by atoms with E-state index in [0.29, 0.717) is 19.5 Å². The van der Waals surface area contributed by atoms with E-state index in [4.69, 9.17) is 5.11 Å². The highest BCUT2D eigenvalue weighted by Crippen LogP contribution is 2.10. The normalized spacial score (nSPS) is 16.3. The van der Waals surface area contributed by atoms with Gasteiger partial charge in [-0.15, -0.1) is 0 Å². The molecule has 110 valence electrons. The van der Waals surface area contributed by atoms with Crippen molar-refractivity contribution in [2.24, 2.45) is 0 Å². The van der Waals surface area contributed by atoms with Crippen molar-refractivity contribution in [1.82, 2.24) is 10.2 Å². The average Bonchev–Trinajstić information content (AvgIpc) is 2.59. The zero-order chi connectivity index (χ0) is 13.9. The number of aliphatic hydroxyl groups excluding tert-OH is 1. The van der Waals surface area contributed by atoms with Crippen molar-refractivity contribution >= 4 is 23.6 Å². The summed E-state index contributed by atoms with van der Waals surface area (Å²) in [5, 5.41) is 11.5. The molecule has 0 atom stereocenters. The SMILES string of the molecule is O=C(CN1CCCCCC1=O)NCCSCCCO. The van der Waals surface area contributed by atoms with Crippen molar-refractivity contribution in [3.8, 4) is 0 Å². The van der Waals surface area contributed by atoms with Crippen molar-refractivity contribution in [3.63, 3.8) is 0 Å². The van der Waals surface area contributed by atoms with Crippen molar-refractivity contribution in [2.45, 2.75) is 32.1 Å². The molecular formula is C13H24N2O3S. The molecule has 1 fully saturated rings. The van der Waals surface area contributed by atoms with Crippen molar-refractivity contribution in [3.05, 3.63) is 0 Å². The first-order valence-corrected chi connectivity index (χ1v) is 8.12. The molecule has 1 saturated heterocycles. The number of likely N-dealkylation sites (tertiary alicyclic amines) is 1. The number of hydrogen-bond acceptors (Lipinski definition) is 4. The van der Waals surface area contributed by atoms with Crippen LogP contribution in [0.1, 0.15) is 32.1 Å². The monoisotopic (exact) mass is 288 g/mol. The maximum Gasteiger partial charge on any atom is 0.239 e. The number of aliphatic hydroxyl groups is 1. The number of carbonyl (C=O) groups excluding carboxylic acids is 2. The molecule has 19 heavy (non-hydrogen) atoms. The Labute approximate surface area is 119 Å². The molecule has 0 spiro atoms. The lowest BCUT2D eigenvalue weighted by atomic mass is 10.2. The zero-order valence-electron chi connectivity index (χ0n) is 11.4. The highest BCUT2D eigenvalue weighted by Gasteiger charge is 2.18. The highest BCUT2D eigenvalue weighted by molar-refractivity contribution is 7.99. The number of nitrogens with one attached hydrogen (secondary N) is 1. The summed E-state index contributed by atoms with van der Waals surface area (Å²) in [7, 11) is 0. The lowest BCUT2D eigenvalue weighted by molar-refractivity contribution is -0.135. The van der Waals surface area contributed by atoms with Crippen LogP contribution in [0.5, 0.6) is 0 Å². The highest BCUT2D eigenvalue weighted by atomic mass is 32.2. The molecule has 5 nitrogen and oxygen atoms in total. The zero-order valence-corrected chi connectivity index (χ0v) is 12.2. The van der Waals surface area contributed by atoms with E-state index in [0.717, 1.165) is 37.2 Å². The Balaban J connectivity index is 2.10. The topological polar surface area (TPSA) is 69.6 Å². The lowest BCUT2D eigenvalue weighted by Gasteiger charge is -2.19. The smallest absolute Gasteiger partial charge is 0.239 e. The number of amides is 2. The average molecular weight is 288 g/mol. The van der Waals surface area contributed by atoms with Crippen molar-refractivity contribution in [2.75, 3.05) is 37.7 Å². The lowest BCUT2D eigenvalue weighted by Crippen LogP contribution is -2.41. The minimum Gasteiger partial charge on any atom is -0.396 e. The van der Waals surface area contributed by atoms with E-state index in [1.807, 2.05) is 0 Å². The largest absolute Gasteiger partial charge is 0.396 e. The van der Waals surface area contributed by atoms with Gasteiger partial charge in [-0.1, -0.05) is 6.42 Å². The quantitative estimate of drug-likeness (QED) is 0.643. The molecule has 2 amide bonds. The third kappa shape index (κ3) is 7.42. The van der Waals surface area contributed by atoms with Gasteiger partial charge in [-0.05, 0) is 25.0 Å². The fourth-order valence-electron chi connectivity index (χ4n) is 1.97. The second kappa shape index (κ2) is 10.1. The van der Waals surface area contributed by atoms with Crippen LogP contribution < -0.4 is 5.32 Å². The minimum absolute atomic E-state index is 0.0713. The van der Waals surface area contributed by atoms with Gasteiger partial charge in [0.1, 0.15) is 0 Å². The fraction of sp³-hybridized carbons (Fsp3) is 0.846. The Morgan fingerprint density at radius 2 is 2.16 bits per heavy atom. The number of thioether (sulfide) groups is 1. The third-order valence-corrected chi connectivity index (χ3v) is 4.09. The summed E-state index contributed by atoms with van der Waals surface area (Å²) in [5.41, 5.74) is 0. The van der Waals surface area contributed by atoms with Gasteiger partial charge in [0, 0.05) is 31.9 Å². The Hall–Kier alpha value is -0.750. The summed E-state index contributed by atoms with van der Waals surface area (Å²) in [6.45, 7) is 1.74. The predicted octanol–water partition coefficient (Wildman–Crippen LogP) is 0.621. The van der Waals surface area contributed by atoms with Gasteiger partial charge in [0.05, 0.1) is 6.54 Å². The van der Waals surface area contributed by atoms with Crippen LogP contribution in [0.25, 0.3) is 0 Å². The molecule has 1 aliphatic rings. The molecule has 0 aliphatic carbocycles. The van der Waals surface area contributed by atoms with Gasteiger partial charge in [0.2, 0.25) is 11.8 Å². The summed E-state index contributed by atoms with van der Waals surface area (Å²) >= 11 is 1.71. The van der Waals surface area contributed by atoms with E-state index in [1.165, 1.54) is 0 Å². The van der Waals surface area contributed by atoms with Gasteiger partial charge in [0.25, 0.3) is 0 Å². The number of rotatable bonds is 8. The number of carbonyl (C=O) groups is 2. The van der Waals surface area contributed by atoms with Gasteiger partial charge in [0.15, 0.2) is 0 Å². The molecule has 1 aliphatic heterocycles. The van der Waals surface area contributed by atoms with E-state index >= 15 is 0 Å². The molecule has 0 saturated carbocycles.